The molecule has 14 heteroatoms. The average Bonchev–Trinajstić information content (AvgIpc) is 2.95. The summed E-state index contributed by atoms with van der Waals surface area (Å²) < 4.78 is 83.2. The number of anilines is 2. The molecule has 1 aromatic heterocycles. The van der Waals surface area contributed by atoms with Gasteiger partial charge in [-0.2, -0.15) is 4.39 Å². The Morgan fingerprint density at radius 1 is 1.00 bits per heavy atom. The molecular formula is C27H23Cl2F3N4O4S. The van der Waals surface area contributed by atoms with Gasteiger partial charge in [0.15, 0.2) is 5.82 Å². The SMILES string of the molecule is COc1ccc(CN(c2cccc(F)n2)S(=O)(=O)c2cc(Cl)c(N[C@@H](N)c3ccccc3F)c(Cl)c2F)c(OC)c1. The summed E-state index contributed by atoms with van der Waals surface area (Å²) in [5.74, 6) is -2.64. The first-order valence-corrected chi connectivity index (χ1v) is 14.0. The number of methoxy groups -OCH3 is 2. The van der Waals surface area contributed by atoms with Crippen LogP contribution in [0, 0.1) is 17.6 Å². The minimum absolute atomic E-state index is 0.0357. The lowest BCUT2D eigenvalue weighted by Gasteiger charge is -2.26. The van der Waals surface area contributed by atoms with Crippen LogP contribution in [0.3, 0.4) is 0 Å². The highest BCUT2D eigenvalue weighted by Crippen LogP contribution is 2.40. The van der Waals surface area contributed by atoms with E-state index in [1.54, 1.807) is 12.1 Å². The number of nitrogens with two attached hydrogens (primary N) is 1. The third-order valence-corrected chi connectivity index (χ3v) is 8.40. The van der Waals surface area contributed by atoms with Crippen LogP contribution in [0.2, 0.25) is 10.0 Å². The van der Waals surface area contributed by atoms with Gasteiger partial charge in [-0.25, -0.2) is 26.5 Å². The van der Waals surface area contributed by atoms with Crippen molar-refractivity contribution in [2.75, 3.05) is 23.8 Å². The number of hydrogen-bond acceptors (Lipinski definition) is 7. The molecule has 0 radical (unpaired) electrons. The van der Waals surface area contributed by atoms with Crippen LogP contribution in [0.4, 0.5) is 24.7 Å². The molecule has 0 spiro atoms. The number of pyridine rings is 1. The predicted octanol–water partition coefficient (Wildman–Crippen LogP) is 6.29. The fourth-order valence-corrected chi connectivity index (χ4v) is 6.11. The van der Waals surface area contributed by atoms with Gasteiger partial charge < -0.3 is 20.5 Å². The van der Waals surface area contributed by atoms with Crippen LogP contribution in [-0.2, 0) is 16.6 Å². The Kier molecular flexibility index (Phi) is 9.17. The highest BCUT2D eigenvalue weighted by molar-refractivity contribution is 7.92. The van der Waals surface area contributed by atoms with Gasteiger partial charge in [0.25, 0.3) is 10.0 Å². The summed E-state index contributed by atoms with van der Waals surface area (Å²) in [6, 6.07) is 14.6. The molecule has 216 valence electrons. The topological polar surface area (TPSA) is 107 Å². The average molecular weight is 627 g/mol. The number of ether oxygens (including phenoxy) is 2. The van der Waals surface area contributed by atoms with Crippen molar-refractivity contribution in [3.63, 3.8) is 0 Å². The lowest BCUT2D eigenvalue weighted by molar-refractivity contribution is 0.391. The minimum Gasteiger partial charge on any atom is -0.497 e. The van der Waals surface area contributed by atoms with Crippen LogP contribution in [0.1, 0.15) is 17.3 Å². The van der Waals surface area contributed by atoms with E-state index in [0.29, 0.717) is 15.6 Å². The van der Waals surface area contributed by atoms with E-state index < -0.39 is 50.2 Å². The second-order valence-electron chi connectivity index (χ2n) is 8.51. The maximum atomic E-state index is 15.7. The minimum atomic E-state index is -4.84. The molecule has 0 saturated carbocycles. The molecule has 0 fully saturated rings. The number of sulfonamides is 1. The van der Waals surface area contributed by atoms with E-state index in [-0.39, 0.29) is 27.8 Å². The summed E-state index contributed by atoms with van der Waals surface area (Å²) in [5, 5.41) is 1.59. The normalized spacial score (nSPS) is 12.1. The molecule has 1 atom stereocenters. The fourth-order valence-electron chi connectivity index (χ4n) is 3.94. The zero-order chi connectivity index (χ0) is 29.9. The Balaban J connectivity index is 1.80. The Hall–Kier alpha value is -3.71. The standard InChI is InChI=1S/C27H23Cl2F3N4O4S/c1-39-16-11-10-15(20(12-16)40-2)14-36(23-9-5-8-22(31)34-23)41(37,38)21-13-18(28)26(24(29)25(21)32)35-27(33)17-6-3-4-7-19(17)30/h3-13,27,35H,14,33H2,1-2H3/t27-/m1/s1. The van der Waals surface area contributed by atoms with Crippen molar-refractivity contribution in [1.29, 1.82) is 0 Å². The summed E-state index contributed by atoms with van der Waals surface area (Å²) >= 11 is 12.6. The molecule has 0 aliphatic carbocycles. The number of aromatic nitrogens is 1. The van der Waals surface area contributed by atoms with E-state index in [9.17, 15) is 17.2 Å². The summed E-state index contributed by atoms with van der Waals surface area (Å²) in [6.07, 6.45) is -1.21. The van der Waals surface area contributed by atoms with Gasteiger partial charge in [-0.15, -0.1) is 0 Å². The Morgan fingerprint density at radius 3 is 2.39 bits per heavy atom. The van der Waals surface area contributed by atoms with Gasteiger partial charge in [-0.05, 0) is 36.4 Å². The summed E-state index contributed by atoms with van der Waals surface area (Å²) in [6.45, 7) is -0.446. The number of rotatable bonds is 10. The zero-order valence-corrected chi connectivity index (χ0v) is 23.9. The molecule has 3 N–H and O–H groups in total. The molecule has 8 nitrogen and oxygen atoms in total. The zero-order valence-electron chi connectivity index (χ0n) is 21.5. The highest BCUT2D eigenvalue weighted by Gasteiger charge is 2.33. The van der Waals surface area contributed by atoms with Gasteiger partial charge in [-0.1, -0.05) is 47.5 Å². The van der Waals surface area contributed by atoms with Crippen molar-refractivity contribution in [2.24, 2.45) is 5.73 Å². The van der Waals surface area contributed by atoms with Gasteiger partial charge in [0.2, 0.25) is 5.95 Å². The number of nitrogens with zero attached hydrogens (tertiary/aromatic N) is 2. The maximum absolute atomic E-state index is 15.7. The Bertz CT molecular complexity index is 1700. The predicted molar refractivity (Wildman–Crippen MR) is 150 cm³/mol. The second-order valence-corrected chi connectivity index (χ2v) is 11.1. The van der Waals surface area contributed by atoms with Crippen molar-refractivity contribution < 1.29 is 31.1 Å². The van der Waals surface area contributed by atoms with Crippen molar-refractivity contribution in [2.45, 2.75) is 17.6 Å². The van der Waals surface area contributed by atoms with Gasteiger partial charge in [0.05, 0.1) is 31.5 Å². The van der Waals surface area contributed by atoms with Crippen molar-refractivity contribution in [1.82, 2.24) is 4.98 Å². The number of halogens is 5. The summed E-state index contributed by atoms with van der Waals surface area (Å²) in [5.41, 5.74) is 6.14. The highest BCUT2D eigenvalue weighted by atomic mass is 35.5. The van der Waals surface area contributed by atoms with Crippen molar-refractivity contribution >= 4 is 44.7 Å². The molecule has 0 unspecified atom stereocenters. The van der Waals surface area contributed by atoms with Crippen LogP contribution in [0.25, 0.3) is 0 Å². The van der Waals surface area contributed by atoms with Gasteiger partial charge in [0, 0.05) is 17.2 Å². The first kappa shape index (κ1) is 30.3. The second kappa shape index (κ2) is 12.4. The first-order chi connectivity index (χ1) is 19.5. The Labute approximate surface area is 244 Å². The summed E-state index contributed by atoms with van der Waals surface area (Å²) in [4.78, 5) is 2.77. The molecular weight excluding hydrogens is 604 g/mol. The molecule has 4 rings (SSSR count). The number of hydrogen-bond donors (Lipinski definition) is 2. The molecule has 0 saturated heterocycles. The first-order valence-electron chi connectivity index (χ1n) is 11.8. The Morgan fingerprint density at radius 2 is 1.73 bits per heavy atom. The molecule has 1 heterocycles. The van der Waals surface area contributed by atoms with E-state index in [2.05, 4.69) is 10.3 Å². The van der Waals surface area contributed by atoms with Crippen LogP contribution < -0.4 is 24.8 Å². The largest absolute Gasteiger partial charge is 0.497 e. The third-order valence-electron chi connectivity index (χ3n) is 6.00. The molecule has 4 aromatic rings. The van der Waals surface area contributed by atoms with E-state index in [4.69, 9.17) is 38.4 Å². The van der Waals surface area contributed by atoms with Crippen LogP contribution in [0.5, 0.6) is 11.5 Å². The summed E-state index contributed by atoms with van der Waals surface area (Å²) in [7, 11) is -2.02. The van der Waals surface area contributed by atoms with Gasteiger partial charge in [-0.3, -0.25) is 0 Å². The van der Waals surface area contributed by atoms with Gasteiger partial charge in [0.1, 0.15) is 39.2 Å². The monoisotopic (exact) mass is 626 g/mol. The van der Waals surface area contributed by atoms with Crippen LogP contribution in [-0.4, -0.2) is 27.6 Å². The molecule has 0 aliphatic heterocycles. The molecule has 0 amide bonds. The molecule has 0 bridgehead atoms. The van der Waals surface area contributed by atoms with Gasteiger partial charge >= 0.3 is 0 Å². The molecule has 41 heavy (non-hydrogen) atoms. The lowest BCUT2D eigenvalue weighted by atomic mass is 10.1. The molecule has 3 aromatic carbocycles. The van der Waals surface area contributed by atoms with Crippen LogP contribution in [0.15, 0.2) is 71.6 Å². The van der Waals surface area contributed by atoms with Crippen molar-refractivity contribution in [3.8, 4) is 11.5 Å². The quantitative estimate of drug-likeness (QED) is 0.121. The van der Waals surface area contributed by atoms with Crippen LogP contribution >= 0.6 is 23.2 Å². The number of benzene rings is 3. The van der Waals surface area contributed by atoms with Crippen molar-refractivity contribution in [3.05, 3.63) is 105 Å². The smallest absolute Gasteiger partial charge is 0.268 e. The van der Waals surface area contributed by atoms with E-state index in [1.165, 1.54) is 56.7 Å². The number of nitrogens with one attached hydrogen (secondary N) is 1. The molecule has 0 aliphatic rings. The third kappa shape index (κ3) is 6.30. The van der Waals surface area contributed by atoms with E-state index in [0.717, 1.165) is 12.1 Å². The van der Waals surface area contributed by atoms with E-state index in [1.807, 2.05) is 0 Å². The van der Waals surface area contributed by atoms with E-state index >= 15 is 4.39 Å². The lowest BCUT2D eigenvalue weighted by Crippen LogP contribution is -2.32. The maximum Gasteiger partial charge on any atom is 0.268 e. The fraction of sp³-hybridized carbons (Fsp3) is 0.148.